The molecular formula is C16H16O3S. The van der Waals surface area contributed by atoms with Crippen molar-refractivity contribution in [3.8, 4) is 5.75 Å². The lowest BCUT2D eigenvalue weighted by molar-refractivity contribution is 0.414. The molecule has 104 valence electrons. The summed E-state index contributed by atoms with van der Waals surface area (Å²) in [5.41, 5.74) is 2.04. The summed E-state index contributed by atoms with van der Waals surface area (Å²) < 4.78 is 29.4. The highest BCUT2D eigenvalue weighted by Crippen LogP contribution is 2.38. The summed E-state index contributed by atoms with van der Waals surface area (Å²) in [4.78, 5) is 0.479. The first-order valence-corrected chi connectivity index (χ1v) is 8.23. The average Bonchev–Trinajstić information content (AvgIpc) is 2.48. The van der Waals surface area contributed by atoms with E-state index in [9.17, 15) is 8.42 Å². The predicted octanol–water partition coefficient (Wildman–Crippen LogP) is 3.00. The molecule has 0 amide bonds. The molecule has 3 rings (SSSR count). The van der Waals surface area contributed by atoms with Crippen LogP contribution in [-0.4, -0.2) is 21.3 Å². The molecule has 0 aliphatic carbocycles. The van der Waals surface area contributed by atoms with Gasteiger partial charge in [-0.1, -0.05) is 30.3 Å². The van der Waals surface area contributed by atoms with E-state index in [2.05, 4.69) is 0 Å². The molecular weight excluding hydrogens is 272 g/mol. The van der Waals surface area contributed by atoms with Gasteiger partial charge in [0.05, 0.1) is 17.8 Å². The van der Waals surface area contributed by atoms with Crippen LogP contribution >= 0.6 is 0 Å². The van der Waals surface area contributed by atoms with Gasteiger partial charge in [-0.2, -0.15) is 0 Å². The molecule has 1 aliphatic rings. The standard InChI is InChI=1S/C16H16O3S/c1-19-13-8-6-12(7-9-13)14-10-11-20(17,18)16-5-3-2-4-15(14)16/h2-9,14H,10-11H2,1H3. The van der Waals surface area contributed by atoms with Crippen LogP contribution in [0.5, 0.6) is 5.75 Å². The van der Waals surface area contributed by atoms with E-state index in [1.165, 1.54) is 0 Å². The molecule has 3 nitrogen and oxygen atoms in total. The van der Waals surface area contributed by atoms with Crippen LogP contribution in [0, 0.1) is 0 Å². The van der Waals surface area contributed by atoms with Crippen LogP contribution < -0.4 is 4.74 Å². The number of methoxy groups -OCH3 is 1. The van der Waals surface area contributed by atoms with Gasteiger partial charge in [0.1, 0.15) is 5.75 Å². The molecule has 1 aliphatic heterocycles. The quantitative estimate of drug-likeness (QED) is 0.853. The number of benzene rings is 2. The summed E-state index contributed by atoms with van der Waals surface area (Å²) in [6, 6.07) is 15.2. The summed E-state index contributed by atoms with van der Waals surface area (Å²) in [7, 11) is -1.48. The maximum atomic E-state index is 12.1. The Balaban J connectivity index is 2.07. The minimum Gasteiger partial charge on any atom is -0.497 e. The Kier molecular flexibility index (Phi) is 3.26. The molecule has 2 aromatic rings. The first-order valence-electron chi connectivity index (χ1n) is 6.57. The highest BCUT2D eigenvalue weighted by atomic mass is 32.2. The second-order valence-corrected chi connectivity index (χ2v) is 7.05. The Morgan fingerprint density at radius 1 is 1.05 bits per heavy atom. The third-order valence-electron chi connectivity index (χ3n) is 3.82. The normalized spacial score (nSPS) is 20.1. The Morgan fingerprint density at radius 2 is 1.75 bits per heavy atom. The van der Waals surface area contributed by atoms with Crippen LogP contribution in [0.15, 0.2) is 53.4 Å². The lowest BCUT2D eigenvalue weighted by atomic mass is 9.89. The van der Waals surface area contributed by atoms with Crippen molar-refractivity contribution < 1.29 is 13.2 Å². The smallest absolute Gasteiger partial charge is 0.178 e. The Hall–Kier alpha value is -1.81. The molecule has 0 saturated heterocycles. The van der Waals surface area contributed by atoms with Crippen molar-refractivity contribution in [2.45, 2.75) is 17.2 Å². The van der Waals surface area contributed by atoms with Gasteiger partial charge in [0.25, 0.3) is 0 Å². The fourth-order valence-corrected chi connectivity index (χ4v) is 4.39. The summed E-state index contributed by atoms with van der Waals surface area (Å²) in [5, 5.41) is 0. The van der Waals surface area contributed by atoms with Crippen LogP contribution in [0.3, 0.4) is 0 Å². The molecule has 0 N–H and O–H groups in total. The number of ether oxygens (including phenoxy) is 1. The van der Waals surface area contributed by atoms with Gasteiger partial charge in [0.15, 0.2) is 9.84 Å². The number of fused-ring (bicyclic) bond motifs is 1. The maximum Gasteiger partial charge on any atom is 0.178 e. The van der Waals surface area contributed by atoms with Crippen molar-refractivity contribution in [3.63, 3.8) is 0 Å². The second kappa shape index (κ2) is 4.94. The zero-order chi connectivity index (χ0) is 14.2. The summed E-state index contributed by atoms with van der Waals surface area (Å²) in [6.45, 7) is 0. The lowest BCUT2D eigenvalue weighted by Gasteiger charge is -2.25. The van der Waals surface area contributed by atoms with E-state index < -0.39 is 9.84 Å². The largest absolute Gasteiger partial charge is 0.497 e. The second-order valence-electron chi connectivity index (χ2n) is 4.97. The van der Waals surface area contributed by atoms with Gasteiger partial charge in [0.2, 0.25) is 0 Å². The fourth-order valence-electron chi connectivity index (χ4n) is 2.77. The minimum atomic E-state index is -3.12. The van der Waals surface area contributed by atoms with Crippen LogP contribution in [0.4, 0.5) is 0 Å². The van der Waals surface area contributed by atoms with Crippen molar-refractivity contribution >= 4 is 9.84 Å². The van der Waals surface area contributed by atoms with Gasteiger partial charge in [-0.15, -0.1) is 0 Å². The number of rotatable bonds is 2. The highest BCUT2D eigenvalue weighted by Gasteiger charge is 2.30. The Morgan fingerprint density at radius 3 is 2.45 bits per heavy atom. The summed E-state index contributed by atoms with van der Waals surface area (Å²) >= 11 is 0. The first-order chi connectivity index (χ1) is 9.62. The maximum absolute atomic E-state index is 12.1. The molecule has 0 radical (unpaired) electrons. The molecule has 4 heteroatoms. The minimum absolute atomic E-state index is 0.139. The van der Waals surface area contributed by atoms with E-state index in [1.807, 2.05) is 36.4 Å². The van der Waals surface area contributed by atoms with E-state index in [0.29, 0.717) is 11.3 Å². The van der Waals surface area contributed by atoms with Crippen molar-refractivity contribution in [1.29, 1.82) is 0 Å². The lowest BCUT2D eigenvalue weighted by Crippen LogP contribution is -2.20. The number of hydrogen-bond donors (Lipinski definition) is 0. The molecule has 0 aromatic heterocycles. The number of sulfone groups is 1. The molecule has 0 bridgehead atoms. The third-order valence-corrected chi connectivity index (χ3v) is 5.64. The summed E-state index contributed by atoms with van der Waals surface area (Å²) in [6.07, 6.45) is 0.631. The van der Waals surface area contributed by atoms with Crippen LogP contribution in [0.1, 0.15) is 23.5 Å². The van der Waals surface area contributed by atoms with Crippen molar-refractivity contribution in [2.75, 3.05) is 12.9 Å². The topological polar surface area (TPSA) is 43.4 Å². The molecule has 20 heavy (non-hydrogen) atoms. The van der Waals surface area contributed by atoms with E-state index in [-0.39, 0.29) is 11.7 Å². The van der Waals surface area contributed by atoms with Gasteiger partial charge < -0.3 is 4.74 Å². The van der Waals surface area contributed by atoms with Crippen LogP contribution in [0.25, 0.3) is 0 Å². The Bertz CT molecular complexity index is 718. The molecule has 1 heterocycles. The molecule has 0 saturated carbocycles. The fraction of sp³-hybridized carbons (Fsp3) is 0.250. The highest BCUT2D eigenvalue weighted by molar-refractivity contribution is 7.91. The number of hydrogen-bond acceptors (Lipinski definition) is 3. The van der Waals surface area contributed by atoms with Crippen molar-refractivity contribution in [1.82, 2.24) is 0 Å². The van der Waals surface area contributed by atoms with Gasteiger partial charge >= 0.3 is 0 Å². The monoisotopic (exact) mass is 288 g/mol. The SMILES string of the molecule is COc1ccc(C2CCS(=O)(=O)c3ccccc32)cc1. The average molecular weight is 288 g/mol. The molecule has 1 atom stereocenters. The van der Waals surface area contributed by atoms with Crippen molar-refractivity contribution in [2.24, 2.45) is 0 Å². The van der Waals surface area contributed by atoms with Crippen LogP contribution in [0.2, 0.25) is 0 Å². The van der Waals surface area contributed by atoms with E-state index in [0.717, 1.165) is 16.9 Å². The Labute approximate surface area is 119 Å². The van der Waals surface area contributed by atoms with Crippen molar-refractivity contribution in [3.05, 3.63) is 59.7 Å². The van der Waals surface area contributed by atoms with E-state index in [4.69, 9.17) is 4.74 Å². The van der Waals surface area contributed by atoms with Gasteiger partial charge in [-0.3, -0.25) is 0 Å². The van der Waals surface area contributed by atoms with E-state index >= 15 is 0 Å². The van der Waals surface area contributed by atoms with E-state index in [1.54, 1.807) is 19.2 Å². The van der Waals surface area contributed by atoms with Crippen LogP contribution in [-0.2, 0) is 9.84 Å². The molecule has 1 unspecified atom stereocenters. The zero-order valence-corrected chi connectivity index (χ0v) is 12.1. The first kappa shape index (κ1) is 13.2. The zero-order valence-electron chi connectivity index (χ0n) is 11.2. The van der Waals surface area contributed by atoms with Gasteiger partial charge in [-0.05, 0) is 35.7 Å². The third kappa shape index (κ3) is 2.20. The molecule has 2 aromatic carbocycles. The van der Waals surface area contributed by atoms with Gasteiger partial charge in [-0.25, -0.2) is 8.42 Å². The molecule has 0 fully saturated rings. The molecule has 0 spiro atoms. The predicted molar refractivity (Wildman–Crippen MR) is 77.9 cm³/mol. The summed E-state index contributed by atoms with van der Waals surface area (Å²) in [5.74, 6) is 1.16. The van der Waals surface area contributed by atoms with Gasteiger partial charge in [0, 0.05) is 5.92 Å².